The Kier molecular flexibility index (Phi) is 2.91. The van der Waals surface area contributed by atoms with Crippen molar-refractivity contribution in [3.05, 3.63) is 52.0 Å². The number of phenols is 1. The molecular formula is C14H10ClN3O2. The van der Waals surface area contributed by atoms with Crippen LogP contribution >= 0.6 is 11.6 Å². The predicted molar refractivity (Wildman–Crippen MR) is 77.5 cm³/mol. The van der Waals surface area contributed by atoms with Crippen LogP contribution in [0.25, 0.3) is 16.9 Å². The summed E-state index contributed by atoms with van der Waals surface area (Å²) in [5, 5.41) is 13.4. The van der Waals surface area contributed by atoms with Gasteiger partial charge in [-0.1, -0.05) is 11.6 Å². The zero-order valence-electron chi connectivity index (χ0n) is 10.5. The average molecular weight is 288 g/mol. The Labute approximate surface area is 119 Å². The third-order valence-corrected chi connectivity index (χ3v) is 3.29. The quantitative estimate of drug-likeness (QED) is 0.723. The molecule has 5 nitrogen and oxygen atoms in total. The van der Waals surface area contributed by atoms with Gasteiger partial charge in [0.25, 0.3) is 0 Å². The maximum absolute atomic E-state index is 11.1. The molecule has 0 unspecified atom stereocenters. The van der Waals surface area contributed by atoms with E-state index in [-0.39, 0.29) is 11.6 Å². The molecule has 2 aromatic heterocycles. The first-order valence-electron chi connectivity index (χ1n) is 5.91. The lowest BCUT2D eigenvalue weighted by Crippen LogP contribution is -1.83. The normalized spacial score (nSPS) is 10.9. The summed E-state index contributed by atoms with van der Waals surface area (Å²) in [6.07, 6.45) is 1.72. The summed E-state index contributed by atoms with van der Waals surface area (Å²) in [5.74, 6) is 0.136. The van der Waals surface area contributed by atoms with Crippen molar-refractivity contribution in [1.82, 2.24) is 9.38 Å². The molecule has 1 aromatic carbocycles. The van der Waals surface area contributed by atoms with E-state index in [1.54, 1.807) is 22.7 Å². The largest absolute Gasteiger partial charge is 0.507 e. The molecule has 0 saturated heterocycles. The molecule has 0 bridgehead atoms. The first kappa shape index (κ1) is 12.6. The molecule has 0 radical (unpaired) electrons. The Morgan fingerprint density at radius 1 is 1.30 bits per heavy atom. The fourth-order valence-corrected chi connectivity index (χ4v) is 2.27. The standard InChI is InChI=1S/C14H10ClN3O2/c1-8-4-5-18-12(6-8)16-13(14(18)17-20)10-7-9(15)2-3-11(10)19/h2-7,19H,1H3. The predicted octanol–water partition coefficient (Wildman–Crippen LogP) is 4.07. The summed E-state index contributed by atoms with van der Waals surface area (Å²) >= 11 is 5.93. The summed E-state index contributed by atoms with van der Waals surface area (Å²) in [6.45, 7) is 1.93. The van der Waals surface area contributed by atoms with Gasteiger partial charge in [0.1, 0.15) is 17.1 Å². The van der Waals surface area contributed by atoms with Crippen LogP contribution in [0.15, 0.2) is 41.7 Å². The molecule has 100 valence electrons. The van der Waals surface area contributed by atoms with Crippen LogP contribution in [0.2, 0.25) is 5.02 Å². The number of aromatic hydroxyl groups is 1. The number of phenolic OH excluding ortho intramolecular Hbond substituents is 1. The molecule has 0 aliphatic carbocycles. The Morgan fingerprint density at radius 3 is 2.85 bits per heavy atom. The summed E-state index contributed by atoms with van der Waals surface area (Å²) < 4.78 is 1.58. The second-order valence-electron chi connectivity index (χ2n) is 4.47. The number of nitrogens with zero attached hydrogens (tertiary/aromatic N) is 3. The fraction of sp³-hybridized carbons (Fsp3) is 0.0714. The van der Waals surface area contributed by atoms with Gasteiger partial charge >= 0.3 is 0 Å². The van der Waals surface area contributed by atoms with E-state index in [4.69, 9.17) is 11.6 Å². The molecule has 2 heterocycles. The number of aromatic nitrogens is 2. The van der Waals surface area contributed by atoms with Crippen molar-refractivity contribution in [2.45, 2.75) is 6.92 Å². The summed E-state index contributed by atoms with van der Waals surface area (Å²) in [5.41, 5.74) is 2.30. The number of rotatable bonds is 2. The minimum absolute atomic E-state index is 0.000530. The third-order valence-electron chi connectivity index (χ3n) is 3.06. The van der Waals surface area contributed by atoms with Gasteiger partial charge in [0.2, 0.25) is 5.82 Å². The van der Waals surface area contributed by atoms with Crippen LogP contribution in [-0.2, 0) is 0 Å². The van der Waals surface area contributed by atoms with Crippen LogP contribution in [0, 0.1) is 11.8 Å². The number of hydrogen-bond acceptors (Lipinski definition) is 4. The first-order valence-corrected chi connectivity index (χ1v) is 6.29. The summed E-state index contributed by atoms with van der Waals surface area (Å²) in [6, 6.07) is 8.26. The highest BCUT2D eigenvalue weighted by atomic mass is 35.5. The molecule has 0 aliphatic heterocycles. The van der Waals surface area contributed by atoms with E-state index in [0.717, 1.165) is 5.56 Å². The molecule has 3 rings (SSSR count). The van der Waals surface area contributed by atoms with E-state index in [9.17, 15) is 10.0 Å². The Bertz CT molecular complexity index is 827. The SMILES string of the molecule is Cc1ccn2c(N=O)c(-c3cc(Cl)ccc3O)nc2c1. The molecule has 3 aromatic rings. The molecule has 1 N–H and O–H groups in total. The van der Waals surface area contributed by atoms with E-state index >= 15 is 0 Å². The van der Waals surface area contributed by atoms with Gasteiger partial charge in [0.15, 0.2) is 0 Å². The lowest BCUT2D eigenvalue weighted by atomic mass is 10.1. The van der Waals surface area contributed by atoms with E-state index in [1.807, 2.05) is 19.1 Å². The van der Waals surface area contributed by atoms with Gasteiger partial charge in [0, 0.05) is 16.8 Å². The molecule has 0 aliphatic rings. The van der Waals surface area contributed by atoms with E-state index in [0.29, 0.717) is 21.9 Å². The highest BCUT2D eigenvalue weighted by Crippen LogP contribution is 2.37. The van der Waals surface area contributed by atoms with Gasteiger partial charge in [-0.05, 0) is 48.0 Å². The van der Waals surface area contributed by atoms with Gasteiger partial charge in [-0.3, -0.25) is 4.40 Å². The smallest absolute Gasteiger partial charge is 0.209 e. The van der Waals surface area contributed by atoms with Crippen molar-refractivity contribution in [3.63, 3.8) is 0 Å². The van der Waals surface area contributed by atoms with Crippen LogP contribution < -0.4 is 0 Å². The van der Waals surface area contributed by atoms with Gasteiger partial charge in [0.05, 0.1) is 0 Å². The van der Waals surface area contributed by atoms with Crippen molar-refractivity contribution in [1.29, 1.82) is 0 Å². The van der Waals surface area contributed by atoms with Crippen molar-refractivity contribution in [2.24, 2.45) is 5.18 Å². The molecular weight excluding hydrogens is 278 g/mol. The number of pyridine rings is 1. The van der Waals surface area contributed by atoms with Gasteiger partial charge in [-0.25, -0.2) is 4.98 Å². The number of aryl methyl sites for hydroxylation is 1. The van der Waals surface area contributed by atoms with Crippen LogP contribution in [0.1, 0.15) is 5.56 Å². The Hall–Kier alpha value is -2.40. The van der Waals surface area contributed by atoms with Crippen molar-refractivity contribution in [3.8, 4) is 17.0 Å². The molecule has 0 saturated carbocycles. The van der Waals surface area contributed by atoms with E-state index < -0.39 is 0 Å². The first-order chi connectivity index (χ1) is 9.60. The maximum atomic E-state index is 11.1. The van der Waals surface area contributed by atoms with Crippen LogP contribution in [0.4, 0.5) is 5.82 Å². The molecule has 0 spiro atoms. The van der Waals surface area contributed by atoms with Crippen LogP contribution in [0.5, 0.6) is 5.75 Å². The number of hydrogen-bond donors (Lipinski definition) is 1. The van der Waals surface area contributed by atoms with Crippen LogP contribution in [0.3, 0.4) is 0 Å². The average Bonchev–Trinajstić information content (AvgIpc) is 2.78. The summed E-state index contributed by atoms with van der Waals surface area (Å²) in [7, 11) is 0. The zero-order chi connectivity index (χ0) is 14.3. The van der Waals surface area contributed by atoms with Crippen molar-refractivity contribution < 1.29 is 5.11 Å². The topological polar surface area (TPSA) is 67.0 Å². The molecule has 6 heteroatoms. The molecule has 0 fully saturated rings. The summed E-state index contributed by atoms with van der Waals surface area (Å²) in [4.78, 5) is 15.5. The van der Waals surface area contributed by atoms with Crippen LogP contribution in [-0.4, -0.2) is 14.5 Å². The van der Waals surface area contributed by atoms with Crippen molar-refractivity contribution >= 4 is 23.1 Å². The zero-order valence-corrected chi connectivity index (χ0v) is 11.3. The highest BCUT2D eigenvalue weighted by Gasteiger charge is 2.18. The fourth-order valence-electron chi connectivity index (χ4n) is 2.10. The third kappa shape index (κ3) is 1.92. The second kappa shape index (κ2) is 4.61. The van der Waals surface area contributed by atoms with Crippen molar-refractivity contribution in [2.75, 3.05) is 0 Å². The van der Waals surface area contributed by atoms with Gasteiger partial charge in [-0.15, -0.1) is 4.91 Å². The molecule has 0 atom stereocenters. The number of nitroso groups, excluding NO2 is 1. The minimum Gasteiger partial charge on any atom is -0.507 e. The molecule has 20 heavy (non-hydrogen) atoms. The lowest BCUT2D eigenvalue weighted by molar-refractivity contribution is 0.477. The lowest BCUT2D eigenvalue weighted by Gasteiger charge is -2.02. The minimum atomic E-state index is -0.000530. The van der Waals surface area contributed by atoms with E-state index in [1.165, 1.54) is 6.07 Å². The van der Waals surface area contributed by atoms with E-state index in [2.05, 4.69) is 10.2 Å². The Balaban J connectivity index is 2.35. The van der Waals surface area contributed by atoms with Gasteiger partial charge < -0.3 is 5.11 Å². The monoisotopic (exact) mass is 287 g/mol. The Morgan fingerprint density at radius 2 is 2.10 bits per heavy atom. The van der Waals surface area contributed by atoms with Gasteiger partial charge in [-0.2, -0.15) is 0 Å². The number of benzene rings is 1. The number of halogens is 1. The highest BCUT2D eigenvalue weighted by molar-refractivity contribution is 6.31. The second-order valence-corrected chi connectivity index (χ2v) is 4.91. The number of fused-ring (bicyclic) bond motifs is 1. The maximum Gasteiger partial charge on any atom is 0.209 e. The molecule has 0 amide bonds. The number of imidazole rings is 1.